The summed E-state index contributed by atoms with van der Waals surface area (Å²) in [5.74, 6) is 2.43. The second kappa shape index (κ2) is 6.31. The average Bonchev–Trinajstić information content (AvgIpc) is 3.37. The Morgan fingerprint density at radius 1 is 1.04 bits per heavy atom. The number of rotatable bonds is 2. The van der Waals surface area contributed by atoms with Crippen molar-refractivity contribution in [2.75, 3.05) is 23.3 Å². The third-order valence-electron chi connectivity index (χ3n) is 6.21. The van der Waals surface area contributed by atoms with Gasteiger partial charge in [-0.3, -0.25) is 0 Å². The van der Waals surface area contributed by atoms with E-state index in [4.69, 9.17) is 0 Å². The van der Waals surface area contributed by atoms with Crippen molar-refractivity contribution in [3.05, 3.63) is 53.7 Å². The van der Waals surface area contributed by atoms with E-state index >= 15 is 0 Å². The Morgan fingerprint density at radius 2 is 1.88 bits per heavy atom. The Balaban J connectivity index is 1.31. The van der Waals surface area contributed by atoms with Crippen molar-refractivity contribution in [1.82, 2.24) is 9.88 Å². The number of nitrogens with zero attached hydrogens (tertiary/aromatic N) is 3. The van der Waals surface area contributed by atoms with Crippen LogP contribution in [0.2, 0.25) is 0 Å². The van der Waals surface area contributed by atoms with Gasteiger partial charge in [-0.1, -0.05) is 24.6 Å². The highest BCUT2D eigenvalue weighted by Crippen LogP contribution is 2.38. The molecular formula is C21H24N4O. The second-order valence-corrected chi connectivity index (χ2v) is 7.77. The molecule has 0 bridgehead atoms. The number of aromatic nitrogens is 1. The molecule has 1 aromatic heterocycles. The monoisotopic (exact) mass is 348 g/mol. The summed E-state index contributed by atoms with van der Waals surface area (Å²) < 4.78 is 0. The zero-order valence-electron chi connectivity index (χ0n) is 14.9. The highest BCUT2D eigenvalue weighted by molar-refractivity contribution is 5.91. The molecule has 1 aliphatic carbocycles. The number of fused-ring (bicyclic) bond motifs is 2. The van der Waals surface area contributed by atoms with Gasteiger partial charge < -0.3 is 15.1 Å². The van der Waals surface area contributed by atoms with Crippen molar-refractivity contribution in [2.24, 2.45) is 11.8 Å². The zero-order chi connectivity index (χ0) is 17.5. The van der Waals surface area contributed by atoms with E-state index in [-0.39, 0.29) is 6.03 Å². The zero-order valence-corrected chi connectivity index (χ0v) is 14.9. The fraction of sp³-hybridized carbons (Fsp3) is 0.429. The van der Waals surface area contributed by atoms with Crippen LogP contribution in [0.3, 0.4) is 0 Å². The molecule has 5 heteroatoms. The Morgan fingerprint density at radius 3 is 2.65 bits per heavy atom. The predicted molar refractivity (Wildman–Crippen MR) is 102 cm³/mol. The molecule has 2 aliphatic heterocycles. The molecule has 1 saturated carbocycles. The molecule has 2 unspecified atom stereocenters. The Bertz CT molecular complexity index is 810. The van der Waals surface area contributed by atoms with Gasteiger partial charge in [-0.15, -0.1) is 0 Å². The number of amides is 2. The van der Waals surface area contributed by atoms with Crippen molar-refractivity contribution in [3.8, 4) is 0 Å². The van der Waals surface area contributed by atoms with Crippen LogP contribution in [0.1, 0.15) is 30.4 Å². The van der Waals surface area contributed by atoms with E-state index in [2.05, 4.69) is 21.3 Å². The minimum absolute atomic E-state index is 0.0593. The van der Waals surface area contributed by atoms with Crippen molar-refractivity contribution in [1.29, 1.82) is 0 Å². The van der Waals surface area contributed by atoms with E-state index in [0.717, 1.165) is 49.5 Å². The summed E-state index contributed by atoms with van der Waals surface area (Å²) in [6.45, 7) is 3.47. The predicted octanol–water partition coefficient (Wildman–Crippen LogP) is 3.87. The number of pyridine rings is 1. The van der Waals surface area contributed by atoms with Crippen LogP contribution >= 0.6 is 0 Å². The minimum atomic E-state index is 0.0593. The van der Waals surface area contributed by atoms with Gasteiger partial charge in [-0.2, -0.15) is 0 Å². The third-order valence-corrected chi connectivity index (χ3v) is 6.21. The van der Waals surface area contributed by atoms with Gasteiger partial charge in [0.2, 0.25) is 0 Å². The average molecular weight is 348 g/mol. The first kappa shape index (κ1) is 15.7. The molecule has 0 spiro atoms. The summed E-state index contributed by atoms with van der Waals surface area (Å²) in [5.41, 5.74) is 3.43. The van der Waals surface area contributed by atoms with E-state index in [1.165, 1.54) is 30.4 Å². The number of likely N-dealkylation sites (tertiary alicyclic amines) is 1. The van der Waals surface area contributed by atoms with E-state index in [0.29, 0.717) is 0 Å². The largest absolute Gasteiger partial charge is 0.348 e. The van der Waals surface area contributed by atoms with Crippen LogP contribution in [0.25, 0.3) is 0 Å². The molecule has 2 amide bonds. The van der Waals surface area contributed by atoms with Gasteiger partial charge in [0.05, 0.1) is 0 Å². The molecule has 5 nitrogen and oxygen atoms in total. The topological polar surface area (TPSA) is 48.5 Å². The number of hydrogen-bond donors (Lipinski definition) is 1. The van der Waals surface area contributed by atoms with Gasteiger partial charge in [-0.05, 0) is 48.4 Å². The first-order chi connectivity index (χ1) is 12.8. The van der Waals surface area contributed by atoms with Gasteiger partial charge in [0, 0.05) is 43.6 Å². The maximum Gasteiger partial charge on any atom is 0.321 e. The number of carbonyl (C=O) groups is 1. The molecule has 26 heavy (non-hydrogen) atoms. The lowest BCUT2D eigenvalue weighted by molar-refractivity contribution is 0.219. The van der Waals surface area contributed by atoms with E-state index < -0.39 is 0 Å². The number of nitrogens with one attached hydrogen (secondary N) is 1. The molecule has 3 heterocycles. The van der Waals surface area contributed by atoms with E-state index in [1.807, 2.05) is 41.4 Å². The van der Waals surface area contributed by atoms with Crippen molar-refractivity contribution >= 4 is 17.5 Å². The van der Waals surface area contributed by atoms with Crippen LogP contribution in [-0.2, 0) is 13.1 Å². The highest BCUT2D eigenvalue weighted by Gasteiger charge is 2.38. The van der Waals surface area contributed by atoms with E-state index in [9.17, 15) is 4.79 Å². The first-order valence-corrected chi connectivity index (χ1v) is 9.60. The van der Waals surface area contributed by atoms with Gasteiger partial charge in [0.15, 0.2) is 0 Å². The lowest BCUT2D eigenvalue weighted by Gasteiger charge is -2.19. The van der Waals surface area contributed by atoms with Crippen molar-refractivity contribution in [3.63, 3.8) is 0 Å². The second-order valence-electron chi connectivity index (χ2n) is 7.77. The van der Waals surface area contributed by atoms with Gasteiger partial charge in [0.1, 0.15) is 5.82 Å². The van der Waals surface area contributed by atoms with Crippen LogP contribution in [-0.4, -0.2) is 29.0 Å². The number of benzene rings is 1. The van der Waals surface area contributed by atoms with Gasteiger partial charge >= 0.3 is 6.03 Å². The van der Waals surface area contributed by atoms with Crippen LogP contribution < -0.4 is 10.2 Å². The number of urea groups is 1. The van der Waals surface area contributed by atoms with Gasteiger partial charge in [-0.25, -0.2) is 9.78 Å². The summed E-state index contributed by atoms with van der Waals surface area (Å²) in [7, 11) is 0. The number of hydrogen-bond acceptors (Lipinski definition) is 3. The molecule has 5 rings (SSSR count). The number of carbonyl (C=O) groups excluding carboxylic acids is 1. The molecular weight excluding hydrogens is 324 g/mol. The lowest BCUT2D eigenvalue weighted by Crippen LogP contribution is -2.34. The van der Waals surface area contributed by atoms with Crippen LogP contribution in [0.5, 0.6) is 0 Å². The fourth-order valence-corrected chi connectivity index (χ4v) is 4.84. The maximum atomic E-state index is 12.8. The molecule has 1 saturated heterocycles. The summed E-state index contributed by atoms with van der Waals surface area (Å²) in [6.07, 6.45) is 5.73. The molecule has 0 radical (unpaired) electrons. The quantitative estimate of drug-likeness (QED) is 0.896. The summed E-state index contributed by atoms with van der Waals surface area (Å²) in [4.78, 5) is 21.5. The molecule has 2 atom stereocenters. The first-order valence-electron chi connectivity index (χ1n) is 9.60. The molecule has 1 N–H and O–H groups in total. The smallest absolute Gasteiger partial charge is 0.321 e. The standard InChI is InChI=1S/C21H24N4O/c26-21(25-11-15-5-3-6-16(15)12-25)23-19-8-4-7-17-13-24(14-18(17)19)20-9-1-2-10-22-20/h1-2,4,7-10,15-16H,3,5-6,11-14H2,(H,23,26). The van der Waals surface area contributed by atoms with Crippen LogP contribution in [0, 0.1) is 11.8 Å². The van der Waals surface area contributed by atoms with Gasteiger partial charge in [0.25, 0.3) is 0 Å². The fourth-order valence-electron chi connectivity index (χ4n) is 4.84. The molecule has 2 aromatic rings. The normalized spacial score (nSPS) is 23.8. The molecule has 3 aliphatic rings. The molecule has 2 fully saturated rings. The Kier molecular flexibility index (Phi) is 3.80. The third kappa shape index (κ3) is 2.71. The van der Waals surface area contributed by atoms with Crippen LogP contribution in [0.15, 0.2) is 42.6 Å². The summed E-state index contributed by atoms with van der Waals surface area (Å²) in [5, 5.41) is 3.19. The Labute approximate surface area is 154 Å². The SMILES string of the molecule is O=C(Nc1cccc2c1CN(c1ccccn1)C2)N1CC2CCCC2C1. The highest BCUT2D eigenvalue weighted by atomic mass is 16.2. The lowest BCUT2D eigenvalue weighted by atomic mass is 10.0. The minimum Gasteiger partial charge on any atom is -0.348 e. The van der Waals surface area contributed by atoms with Crippen molar-refractivity contribution < 1.29 is 4.79 Å². The molecule has 134 valence electrons. The van der Waals surface area contributed by atoms with Crippen molar-refractivity contribution in [2.45, 2.75) is 32.4 Å². The Hall–Kier alpha value is -2.56. The van der Waals surface area contributed by atoms with E-state index in [1.54, 1.807) is 0 Å². The van der Waals surface area contributed by atoms with Crippen LogP contribution in [0.4, 0.5) is 16.3 Å². The molecule has 1 aromatic carbocycles. The maximum absolute atomic E-state index is 12.8. The summed E-state index contributed by atoms with van der Waals surface area (Å²) in [6, 6.07) is 12.2. The summed E-state index contributed by atoms with van der Waals surface area (Å²) >= 11 is 0. The number of anilines is 2.